The van der Waals surface area contributed by atoms with E-state index in [0.29, 0.717) is 6.54 Å². The molecule has 0 spiro atoms. The van der Waals surface area contributed by atoms with Crippen LogP contribution >= 0.6 is 0 Å². The molecule has 0 saturated carbocycles. The summed E-state index contributed by atoms with van der Waals surface area (Å²) in [6.07, 6.45) is 3.79. The Kier molecular flexibility index (Phi) is 4.30. The van der Waals surface area contributed by atoms with Gasteiger partial charge in [0.15, 0.2) is 0 Å². The van der Waals surface area contributed by atoms with Crippen molar-refractivity contribution in [2.75, 3.05) is 0 Å². The fraction of sp³-hybridized carbons (Fsp3) is 0.231. The Bertz CT molecular complexity index is 454. The van der Waals surface area contributed by atoms with Crippen LogP contribution in [-0.4, -0.2) is 11.6 Å². The normalized spacial score (nSPS) is 10.8. The Hall–Kier alpha value is -1.88. The molecule has 0 unspecified atom stereocenters. The summed E-state index contributed by atoms with van der Waals surface area (Å²) in [5.74, 6) is 0.180. The van der Waals surface area contributed by atoms with Gasteiger partial charge in [0.05, 0.1) is 0 Å². The summed E-state index contributed by atoms with van der Waals surface area (Å²) in [5.41, 5.74) is 2.19. The molecule has 0 saturated heterocycles. The molecule has 1 aromatic carbocycles. The molecule has 1 aromatic heterocycles. The topological polar surface area (TPSA) is 37.0 Å². The lowest BCUT2D eigenvalue weighted by molar-refractivity contribution is -0.0498. The maximum absolute atomic E-state index is 11.9. The Labute approximate surface area is 104 Å². The highest BCUT2D eigenvalue weighted by molar-refractivity contribution is 5.27. The first-order valence-corrected chi connectivity index (χ1v) is 5.60. The number of benzene rings is 1. The van der Waals surface area contributed by atoms with Gasteiger partial charge < -0.3 is 15.0 Å². The van der Waals surface area contributed by atoms with Crippen molar-refractivity contribution in [2.45, 2.75) is 19.7 Å². The number of nitrogens with one attached hydrogen (secondary N) is 2. The van der Waals surface area contributed by atoms with Crippen LogP contribution in [0.1, 0.15) is 11.1 Å². The first kappa shape index (κ1) is 12.6. The van der Waals surface area contributed by atoms with Crippen molar-refractivity contribution in [3.05, 3.63) is 53.9 Å². The minimum absolute atomic E-state index is 0.180. The first-order chi connectivity index (χ1) is 8.74. The van der Waals surface area contributed by atoms with Crippen LogP contribution in [0.3, 0.4) is 0 Å². The fourth-order valence-electron chi connectivity index (χ4n) is 1.61. The fourth-order valence-corrected chi connectivity index (χ4v) is 1.61. The van der Waals surface area contributed by atoms with Gasteiger partial charge in [-0.15, -0.1) is 0 Å². The molecule has 0 fully saturated rings. The summed E-state index contributed by atoms with van der Waals surface area (Å²) in [4.78, 5) is 2.98. The summed E-state index contributed by atoms with van der Waals surface area (Å²) in [6.45, 7) is -1.33. The summed E-state index contributed by atoms with van der Waals surface area (Å²) in [6, 6.07) is 8.61. The zero-order valence-corrected chi connectivity index (χ0v) is 9.70. The van der Waals surface area contributed by atoms with E-state index in [-0.39, 0.29) is 5.75 Å². The summed E-state index contributed by atoms with van der Waals surface area (Å²) in [7, 11) is 0. The lowest BCUT2D eigenvalue weighted by Crippen LogP contribution is -2.12. The van der Waals surface area contributed by atoms with E-state index in [1.807, 2.05) is 18.5 Å². The van der Waals surface area contributed by atoms with Gasteiger partial charge in [-0.2, -0.15) is 8.78 Å². The quantitative estimate of drug-likeness (QED) is 0.829. The number of hydrogen-bond donors (Lipinski definition) is 2. The van der Waals surface area contributed by atoms with Gasteiger partial charge in [0, 0.05) is 25.5 Å². The molecular weight excluding hydrogens is 238 g/mol. The average molecular weight is 252 g/mol. The van der Waals surface area contributed by atoms with E-state index in [4.69, 9.17) is 0 Å². The van der Waals surface area contributed by atoms with Crippen LogP contribution < -0.4 is 10.1 Å². The SMILES string of the molecule is FC(F)Oc1ccc(CNCc2cc[nH]c2)cc1. The molecule has 2 rings (SSSR count). The maximum atomic E-state index is 11.9. The summed E-state index contributed by atoms with van der Waals surface area (Å²) < 4.78 is 28.2. The molecule has 2 aromatic rings. The van der Waals surface area contributed by atoms with E-state index < -0.39 is 6.61 Å². The van der Waals surface area contributed by atoms with E-state index in [0.717, 1.165) is 12.1 Å². The predicted molar refractivity (Wildman–Crippen MR) is 64.4 cm³/mol. The standard InChI is InChI=1S/C13H14F2N2O/c14-13(15)18-12-3-1-10(2-4-12)7-17-9-11-5-6-16-8-11/h1-6,8,13,16-17H,7,9H2. The average Bonchev–Trinajstić information content (AvgIpc) is 2.84. The number of H-pyrrole nitrogens is 1. The smallest absolute Gasteiger partial charge is 0.387 e. The highest BCUT2D eigenvalue weighted by Gasteiger charge is 2.03. The van der Waals surface area contributed by atoms with Crippen molar-refractivity contribution in [1.82, 2.24) is 10.3 Å². The molecule has 5 heteroatoms. The summed E-state index contributed by atoms with van der Waals surface area (Å²) >= 11 is 0. The molecular formula is C13H14F2N2O. The molecule has 2 N–H and O–H groups in total. The van der Waals surface area contributed by atoms with Gasteiger partial charge in [-0.25, -0.2) is 0 Å². The van der Waals surface area contributed by atoms with Crippen molar-refractivity contribution in [3.63, 3.8) is 0 Å². The lowest BCUT2D eigenvalue weighted by Gasteiger charge is -2.06. The zero-order chi connectivity index (χ0) is 12.8. The molecule has 18 heavy (non-hydrogen) atoms. The van der Waals surface area contributed by atoms with Crippen molar-refractivity contribution < 1.29 is 13.5 Å². The molecule has 0 atom stereocenters. The van der Waals surface area contributed by atoms with Crippen molar-refractivity contribution >= 4 is 0 Å². The van der Waals surface area contributed by atoms with Crippen LogP contribution in [0.25, 0.3) is 0 Å². The number of aromatic nitrogens is 1. The van der Waals surface area contributed by atoms with Gasteiger partial charge in [-0.3, -0.25) is 0 Å². The number of alkyl halides is 2. The van der Waals surface area contributed by atoms with Crippen LogP contribution in [-0.2, 0) is 13.1 Å². The molecule has 1 heterocycles. The van der Waals surface area contributed by atoms with E-state index in [1.54, 1.807) is 24.3 Å². The lowest BCUT2D eigenvalue weighted by atomic mass is 10.2. The second-order valence-electron chi connectivity index (χ2n) is 3.85. The molecule has 0 aliphatic rings. The zero-order valence-electron chi connectivity index (χ0n) is 9.70. The number of aromatic amines is 1. The number of rotatable bonds is 6. The molecule has 96 valence electrons. The van der Waals surface area contributed by atoms with Crippen LogP contribution in [0.2, 0.25) is 0 Å². The van der Waals surface area contributed by atoms with E-state index in [1.165, 1.54) is 5.56 Å². The second-order valence-corrected chi connectivity index (χ2v) is 3.85. The highest BCUT2D eigenvalue weighted by atomic mass is 19.3. The third-order valence-electron chi connectivity index (χ3n) is 2.47. The van der Waals surface area contributed by atoms with Crippen LogP contribution in [0, 0.1) is 0 Å². The van der Waals surface area contributed by atoms with E-state index in [2.05, 4.69) is 15.0 Å². The van der Waals surface area contributed by atoms with E-state index in [9.17, 15) is 8.78 Å². The van der Waals surface area contributed by atoms with Gasteiger partial charge >= 0.3 is 6.61 Å². The number of hydrogen-bond acceptors (Lipinski definition) is 2. The minimum Gasteiger partial charge on any atom is -0.435 e. The van der Waals surface area contributed by atoms with Gasteiger partial charge in [-0.1, -0.05) is 12.1 Å². The minimum atomic E-state index is -2.78. The Morgan fingerprint density at radius 3 is 2.39 bits per heavy atom. The van der Waals surface area contributed by atoms with Crippen LogP contribution in [0.15, 0.2) is 42.7 Å². The van der Waals surface area contributed by atoms with Gasteiger partial charge in [0.1, 0.15) is 5.75 Å². The maximum Gasteiger partial charge on any atom is 0.387 e. The highest BCUT2D eigenvalue weighted by Crippen LogP contribution is 2.14. The van der Waals surface area contributed by atoms with Gasteiger partial charge in [0.2, 0.25) is 0 Å². The second kappa shape index (κ2) is 6.16. The number of ether oxygens (including phenoxy) is 1. The molecule has 0 amide bonds. The Morgan fingerprint density at radius 2 is 1.78 bits per heavy atom. The molecule has 0 bridgehead atoms. The van der Waals surface area contributed by atoms with Crippen molar-refractivity contribution in [1.29, 1.82) is 0 Å². The van der Waals surface area contributed by atoms with E-state index >= 15 is 0 Å². The van der Waals surface area contributed by atoms with Crippen LogP contribution in [0.4, 0.5) is 8.78 Å². The predicted octanol–water partition coefficient (Wildman–Crippen LogP) is 2.91. The third-order valence-corrected chi connectivity index (χ3v) is 2.47. The van der Waals surface area contributed by atoms with Crippen molar-refractivity contribution in [3.8, 4) is 5.75 Å². The van der Waals surface area contributed by atoms with Gasteiger partial charge in [-0.05, 0) is 29.3 Å². The van der Waals surface area contributed by atoms with Crippen LogP contribution in [0.5, 0.6) is 5.75 Å². The largest absolute Gasteiger partial charge is 0.435 e. The molecule has 3 nitrogen and oxygen atoms in total. The molecule has 0 radical (unpaired) electrons. The summed E-state index contributed by atoms with van der Waals surface area (Å²) in [5, 5.41) is 3.26. The Morgan fingerprint density at radius 1 is 1.06 bits per heavy atom. The number of halogens is 2. The molecule has 0 aliphatic carbocycles. The Balaban J connectivity index is 1.79. The van der Waals surface area contributed by atoms with Gasteiger partial charge in [0.25, 0.3) is 0 Å². The van der Waals surface area contributed by atoms with Crippen molar-refractivity contribution in [2.24, 2.45) is 0 Å². The third kappa shape index (κ3) is 3.85. The molecule has 0 aliphatic heterocycles. The monoisotopic (exact) mass is 252 g/mol. The first-order valence-electron chi connectivity index (χ1n) is 5.60.